The number of carbonyl (C=O) groups is 2. The van der Waals surface area contributed by atoms with Gasteiger partial charge in [0.25, 0.3) is 5.91 Å². The standard InChI is InChI=1S/C15H19N7O3/c16-13(23)12-2-1-3-17-14(12)22-5-4-21(7-10(8-22)15(24)25)9-11-6-18-20-19-11/h1-3,6,10H,4-5,7-9H2,(H2,16,23)(H,24,25)(H,18,19,20). The highest BCUT2D eigenvalue weighted by Crippen LogP contribution is 2.21. The maximum atomic E-state index is 11.7. The molecule has 1 unspecified atom stereocenters. The highest BCUT2D eigenvalue weighted by molar-refractivity contribution is 5.97. The first-order chi connectivity index (χ1) is 12.0. The zero-order valence-electron chi connectivity index (χ0n) is 13.5. The van der Waals surface area contributed by atoms with Crippen LogP contribution in [0.15, 0.2) is 24.5 Å². The van der Waals surface area contributed by atoms with Crippen LogP contribution in [0.5, 0.6) is 0 Å². The van der Waals surface area contributed by atoms with Crippen molar-refractivity contribution in [3.05, 3.63) is 35.8 Å². The number of aromatic amines is 1. The number of aromatic nitrogens is 4. The minimum Gasteiger partial charge on any atom is -0.481 e. The maximum Gasteiger partial charge on any atom is 0.309 e. The lowest BCUT2D eigenvalue weighted by Gasteiger charge is -2.24. The van der Waals surface area contributed by atoms with Gasteiger partial charge in [0.05, 0.1) is 23.4 Å². The largest absolute Gasteiger partial charge is 0.481 e. The van der Waals surface area contributed by atoms with E-state index in [1.165, 1.54) is 0 Å². The van der Waals surface area contributed by atoms with E-state index in [2.05, 4.69) is 20.4 Å². The van der Waals surface area contributed by atoms with Crippen LogP contribution in [0, 0.1) is 5.92 Å². The summed E-state index contributed by atoms with van der Waals surface area (Å²) in [5, 5.41) is 19.9. The van der Waals surface area contributed by atoms with Crippen molar-refractivity contribution in [2.75, 3.05) is 31.1 Å². The van der Waals surface area contributed by atoms with Crippen LogP contribution in [-0.2, 0) is 11.3 Å². The molecule has 25 heavy (non-hydrogen) atoms. The average Bonchev–Trinajstić information content (AvgIpc) is 3.00. The molecule has 2 aromatic rings. The Bertz CT molecular complexity index is 749. The molecule has 0 radical (unpaired) electrons. The number of nitrogens with zero attached hydrogens (tertiary/aromatic N) is 5. The lowest BCUT2D eigenvalue weighted by atomic mass is 10.1. The third-order valence-electron chi connectivity index (χ3n) is 4.16. The van der Waals surface area contributed by atoms with Crippen molar-refractivity contribution in [3.63, 3.8) is 0 Å². The number of rotatable bonds is 5. The van der Waals surface area contributed by atoms with E-state index in [4.69, 9.17) is 5.73 Å². The van der Waals surface area contributed by atoms with Crippen molar-refractivity contribution in [2.45, 2.75) is 6.54 Å². The average molecular weight is 345 g/mol. The predicted molar refractivity (Wildman–Crippen MR) is 87.8 cm³/mol. The second kappa shape index (κ2) is 7.26. The van der Waals surface area contributed by atoms with E-state index in [0.29, 0.717) is 32.0 Å². The molecule has 1 saturated heterocycles. The molecule has 0 saturated carbocycles. The quantitative estimate of drug-likeness (QED) is 0.647. The van der Waals surface area contributed by atoms with Gasteiger partial charge in [0, 0.05) is 38.9 Å². The van der Waals surface area contributed by atoms with Crippen molar-refractivity contribution in [1.82, 2.24) is 25.3 Å². The van der Waals surface area contributed by atoms with E-state index in [1.807, 2.05) is 9.80 Å². The van der Waals surface area contributed by atoms with E-state index in [-0.39, 0.29) is 12.1 Å². The second-order valence-electron chi connectivity index (χ2n) is 5.92. The summed E-state index contributed by atoms with van der Waals surface area (Å²) < 4.78 is 0. The number of carboxylic acid groups (broad SMARTS) is 1. The maximum absolute atomic E-state index is 11.7. The van der Waals surface area contributed by atoms with Crippen LogP contribution in [-0.4, -0.2) is 68.5 Å². The van der Waals surface area contributed by atoms with Crippen molar-refractivity contribution in [3.8, 4) is 0 Å². The summed E-state index contributed by atoms with van der Waals surface area (Å²) in [4.78, 5) is 31.4. The third kappa shape index (κ3) is 3.91. The molecule has 0 bridgehead atoms. The van der Waals surface area contributed by atoms with Gasteiger partial charge in [-0.1, -0.05) is 0 Å². The number of nitrogens with one attached hydrogen (secondary N) is 1. The van der Waals surface area contributed by atoms with Crippen LogP contribution in [0.4, 0.5) is 5.82 Å². The van der Waals surface area contributed by atoms with Gasteiger partial charge in [-0.3, -0.25) is 14.5 Å². The number of primary amides is 1. The zero-order valence-corrected chi connectivity index (χ0v) is 13.5. The third-order valence-corrected chi connectivity index (χ3v) is 4.16. The monoisotopic (exact) mass is 345 g/mol. The first-order valence-corrected chi connectivity index (χ1v) is 7.84. The number of carboxylic acids is 1. The molecular formula is C15H19N7O3. The SMILES string of the molecule is NC(=O)c1cccnc1N1CCN(Cc2cn[nH]n2)CC(C(=O)O)C1. The van der Waals surface area contributed by atoms with Crippen LogP contribution in [0.3, 0.4) is 0 Å². The Morgan fingerprint density at radius 2 is 2.20 bits per heavy atom. The minimum absolute atomic E-state index is 0.252. The summed E-state index contributed by atoms with van der Waals surface area (Å²) in [6, 6.07) is 3.23. The first-order valence-electron chi connectivity index (χ1n) is 7.84. The lowest BCUT2D eigenvalue weighted by Crippen LogP contribution is -2.35. The Hall–Kier alpha value is -3.01. The fourth-order valence-corrected chi connectivity index (χ4v) is 2.94. The van der Waals surface area contributed by atoms with Crippen LogP contribution in [0.2, 0.25) is 0 Å². The summed E-state index contributed by atoms with van der Waals surface area (Å²) in [7, 11) is 0. The number of H-pyrrole nitrogens is 1. The van der Waals surface area contributed by atoms with Crippen LogP contribution in [0.25, 0.3) is 0 Å². The Morgan fingerprint density at radius 1 is 1.36 bits per heavy atom. The molecule has 10 heteroatoms. The number of anilines is 1. The summed E-state index contributed by atoms with van der Waals surface area (Å²) in [5.41, 5.74) is 6.45. The molecule has 0 aromatic carbocycles. The van der Waals surface area contributed by atoms with Gasteiger partial charge in [0.15, 0.2) is 0 Å². The van der Waals surface area contributed by atoms with E-state index in [9.17, 15) is 14.7 Å². The van der Waals surface area contributed by atoms with Crippen LogP contribution in [0.1, 0.15) is 16.1 Å². The highest BCUT2D eigenvalue weighted by atomic mass is 16.4. The highest BCUT2D eigenvalue weighted by Gasteiger charge is 2.30. The van der Waals surface area contributed by atoms with Gasteiger partial charge in [-0.2, -0.15) is 15.4 Å². The number of nitrogens with two attached hydrogens (primary N) is 1. The van der Waals surface area contributed by atoms with Gasteiger partial charge in [-0.05, 0) is 12.1 Å². The topological polar surface area (TPSA) is 141 Å². The van der Waals surface area contributed by atoms with Gasteiger partial charge in [-0.25, -0.2) is 4.98 Å². The molecule has 1 atom stereocenters. The number of hydrogen-bond donors (Lipinski definition) is 3. The molecule has 1 amide bonds. The molecule has 0 aliphatic carbocycles. The zero-order chi connectivity index (χ0) is 17.8. The Balaban J connectivity index is 1.83. The van der Waals surface area contributed by atoms with Gasteiger partial charge in [-0.15, -0.1) is 0 Å². The molecule has 1 fully saturated rings. The number of carbonyl (C=O) groups excluding carboxylic acids is 1. The Kier molecular flexibility index (Phi) is 4.89. The molecule has 1 aliphatic heterocycles. The summed E-state index contributed by atoms with van der Waals surface area (Å²) in [5.74, 6) is -1.69. The van der Waals surface area contributed by atoms with E-state index in [1.54, 1.807) is 24.5 Å². The number of hydrogen-bond acceptors (Lipinski definition) is 7. The normalized spacial score (nSPS) is 18.7. The smallest absolute Gasteiger partial charge is 0.309 e. The number of amides is 1. The Labute approximate surface area is 143 Å². The van der Waals surface area contributed by atoms with Crippen LogP contribution < -0.4 is 10.6 Å². The lowest BCUT2D eigenvalue weighted by molar-refractivity contribution is -0.141. The van der Waals surface area contributed by atoms with Crippen molar-refractivity contribution < 1.29 is 14.7 Å². The molecule has 4 N–H and O–H groups in total. The molecule has 0 spiro atoms. The first kappa shape index (κ1) is 16.8. The molecule has 2 aromatic heterocycles. The van der Waals surface area contributed by atoms with Gasteiger partial charge >= 0.3 is 5.97 Å². The number of pyridine rings is 1. The molecule has 3 rings (SSSR count). The fraction of sp³-hybridized carbons (Fsp3) is 0.400. The van der Waals surface area contributed by atoms with Crippen molar-refractivity contribution in [2.24, 2.45) is 11.7 Å². The van der Waals surface area contributed by atoms with E-state index < -0.39 is 17.8 Å². The van der Waals surface area contributed by atoms with Gasteiger partial charge in [0.2, 0.25) is 0 Å². The van der Waals surface area contributed by atoms with Crippen molar-refractivity contribution in [1.29, 1.82) is 0 Å². The molecule has 1 aliphatic rings. The summed E-state index contributed by atoms with van der Waals surface area (Å²) >= 11 is 0. The van der Waals surface area contributed by atoms with E-state index >= 15 is 0 Å². The summed E-state index contributed by atoms with van der Waals surface area (Å²) in [6.45, 7) is 2.25. The van der Waals surface area contributed by atoms with Crippen molar-refractivity contribution >= 4 is 17.7 Å². The van der Waals surface area contributed by atoms with Gasteiger partial charge < -0.3 is 15.7 Å². The van der Waals surface area contributed by atoms with Crippen LogP contribution >= 0.6 is 0 Å². The predicted octanol–water partition coefficient (Wildman–Crippen LogP) is -0.678. The molecular weight excluding hydrogens is 326 g/mol. The molecule has 132 valence electrons. The Morgan fingerprint density at radius 3 is 2.88 bits per heavy atom. The number of aliphatic carboxylic acids is 1. The summed E-state index contributed by atoms with van der Waals surface area (Å²) in [6.07, 6.45) is 3.18. The van der Waals surface area contributed by atoms with Gasteiger partial charge in [0.1, 0.15) is 5.82 Å². The minimum atomic E-state index is -0.895. The molecule has 3 heterocycles. The second-order valence-corrected chi connectivity index (χ2v) is 5.92. The van der Waals surface area contributed by atoms with E-state index in [0.717, 1.165) is 5.69 Å². The fourth-order valence-electron chi connectivity index (χ4n) is 2.94. The molecule has 10 nitrogen and oxygen atoms in total.